The normalized spacial score (nSPS) is 20.5. The van der Waals surface area contributed by atoms with Gasteiger partial charge >= 0.3 is 5.63 Å². The second-order valence-corrected chi connectivity index (χ2v) is 6.66. The van der Waals surface area contributed by atoms with Gasteiger partial charge in [-0.25, -0.2) is 4.79 Å². The van der Waals surface area contributed by atoms with Gasteiger partial charge in [-0.15, -0.1) is 0 Å². The average molecular weight is 340 g/mol. The number of pyridine rings is 1. The molecular weight excluding hydrogens is 320 g/mol. The Kier molecular flexibility index (Phi) is 4.13. The number of aromatic nitrogens is 1. The summed E-state index contributed by atoms with van der Waals surface area (Å²) in [5.74, 6) is 0.479. The predicted molar refractivity (Wildman–Crippen MR) is 90.5 cm³/mol. The fraction of sp³-hybridized carbons (Fsp3) is 0.421. The number of nitrogens with zero attached hydrogens (tertiary/aromatic N) is 2. The van der Waals surface area contributed by atoms with E-state index in [0.29, 0.717) is 31.0 Å². The molecule has 25 heavy (non-hydrogen) atoms. The van der Waals surface area contributed by atoms with Crippen molar-refractivity contribution >= 4 is 5.91 Å². The van der Waals surface area contributed by atoms with E-state index in [4.69, 9.17) is 9.15 Å². The molecule has 0 radical (unpaired) electrons. The Bertz CT molecular complexity index is 834. The van der Waals surface area contributed by atoms with Crippen LogP contribution in [0.3, 0.4) is 0 Å². The molecule has 0 aromatic carbocycles. The molecule has 2 aromatic heterocycles. The Labute approximate surface area is 145 Å². The van der Waals surface area contributed by atoms with E-state index in [1.165, 1.54) is 0 Å². The number of carbonyl (C=O) groups is 1. The smallest absolute Gasteiger partial charge is 0.349 e. The Morgan fingerprint density at radius 1 is 1.32 bits per heavy atom. The van der Waals surface area contributed by atoms with Gasteiger partial charge in [-0.1, -0.05) is 6.07 Å². The van der Waals surface area contributed by atoms with Gasteiger partial charge in [-0.3, -0.25) is 9.78 Å². The van der Waals surface area contributed by atoms with E-state index >= 15 is 0 Å². The summed E-state index contributed by atoms with van der Waals surface area (Å²) in [6, 6.07) is 7.54. The number of amides is 1. The lowest BCUT2D eigenvalue weighted by Gasteiger charge is -2.38. The summed E-state index contributed by atoms with van der Waals surface area (Å²) in [5, 5.41) is 0. The minimum absolute atomic E-state index is 0.126. The molecule has 0 bridgehead atoms. The van der Waals surface area contributed by atoms with Crippen molar-refractivity contribution < 1.29 is 13.9 Å². The molecule has 2 saturated heterocycles. The highest BCUT2D eigenvalue weighted by molar-refractivity contribution is 5.95. The number of ether oxygens (including phenoxy) is 1. The molecule has 1 unspecified atom stereocenters. The van der Waals surface area contributed by atoms with Crippen LogP contribution in [0.15, 0.2) is 39.7 Å². The van der Waals surface area contributed by atoms with Crippen LogP contribution in [0.25, 0.3) is 0 Å². The minimum atomic E-state index is -0.572. The molecule has 0 N–H and O–H groups in total. The molecule has 2 aliphatic rings. The maximum Gasteiger partial charge on any atom is 0.349 e. The zero-order valence-corrected chi connectivity index (χ0v) is 14.1. The standard InChI is InChI=1S/C19H20N2O4/c1-12-9-16(15-6-4-8-24-15)25-19(23)17(12)18(22)21-10-13(11-21)14-5-2-3-7-20-14/h2-3,5,7,9,13,15H,4,6,8,10-11H2,1H3. The zero-order valence-electron chi connectivity index (χ0n) is 14.1. The highest BCUT2D eigenvalue weighted by atomic mass is 16.5. The van der Waals surface area contributed by atoms with Gasteiger partial charge < -0.3 is 14.1 Å². The first-order valence-corrected chi connectivity index (χ1v) is 8.60. The van der Waals surface area contributed by atoms with Gasteiger partial charge in [0.2, 0.25) is 0 Å². The summed E-state index contributed by atoms with van der Waals surface area (Å²) < 4.78 is 10.9. The maximum atomic E-state index is 12.7. The third kappa shape index (κ3) is 2.98. The number of carbonyl (C=O) groups excluding carboxylic acids is 1. The Morgan fingerprint density at radius 2 is 2.16 bits per heavy atom. The van der Waals surface area contributed by atoms with Crippen molar-refractivity contribution in [1.29, 1.82) is 0 Å². The molecule has 130 valence electrons. The lowest BCUT2D eigenvalue weighted by atomic mass is 9.94. The second-order valence-electron chi connectivity index (χ2n) is 6.66. The highest BCUT2D eigenvalue weighted by Crippen LogP contribution is 2.30. The van der Waals surface area contributed by atoms with Gasteiger partial charge in [0.1, 0.15) is 17.4 Å². The van der Waals surface area contributed by atoms with Crippen LogP contribution in [0.5, 0.6) is 0 Å². The van der Waals surface area contributed by atoms with E-state index in [2.05, 4.69) is 4.98 Å². The third-order valence-corrected chi connectivity index (χ3v) is 4.90. The quantitative estimate of drug-likeness (QED) is 0.858. The SMILES string of the molecule is Cc1cc(C2CCCO2)oc(=O)c1C(=O)N1CC(c2ccccn2)C1. The van der Waals surface area contributed by atoms with Crippen molar-refractivity contribution in [3.05, 3.63) is 63.5 Å². The van der Waals surface area contributed by atoms with E-state index in [-0.39, 0.29) is 23.5 Å². The van der Waals surface area contributed by atoms with E-state index in [0.717, 1.165) is 18.5 Å². The van der Waals surface area contributed by atoms with Gasteiger partial charge in [0.15, 0.2) is 0 Å². The van der Waals surface area contributed by atoms with Gasteiger partial charge in [0.05, 0.1) is 0 Å². The summed E-state index contributed by atoms with van der Waals surface area (Å²) in [4.78, 5) is 31.1. The van der Waals surface area contributed by atoms with Gasteiger partial charge in [0.25, 0.3) is 5.91 Å². The molecular formula is C19H20N2O4. The minimum Gasteiger partial charge on any atom is -0.424 e. The van der Waals surface area contributed by atoms with E-state index < -0.39 is 5.63 Å². The lowest BCUT2D eigenvalue weighted by Crippen LogP contribution is -2.50. The topological polar surface area (TPSA) is 72.6 Å². The van der Waals surface area contributed by atoms with E-state index in [1.807, 2.05) is 18.2 Å². The fourth-order valence-corrected chi connectivity index (χ4v) is 3.46. The molecule has 1 amide bonds. The first-order valence-electron chi connectivity index (χ1n) is 8.60. The molecule has 0 spiro atoms. The Morgan fingerprint density at radius 3 is 2.80 bits per heavy atom. The van der Waals surface area contributed by atoms with Crippen molar-refractivity contribution in [1.82, 2.24) is 9.88 Å². The van der Waals surface area contributed by atoms with Crippen molar-refractivity contribution in [2.75, 3.05) is 19.7 Å². The van der Waals surface area contributed by atoms with E-state index in [9.17, 15) is 9.59 Å². The molecule has 1 atom stereocenters. The van der Waals surface area contributed by atoms with Crippen LogP contribution < -0.4 is 5.63 Å². The highest BCUT2D eigenvalue weighted by Gasteiger charge is 2.35. The lowest BCUT2D eigenvalue weighted by molar-refractivity contribution is 0.0588. The number of hydrogen-bond donors (Lipinski definition) is 0. The largest absolute Gasteiger partial charge is 0.424 e. The maximum absolute atomic E-state index is 12.7. The van der Waals surface area contributed by atoms with Crippen molar-refractivity contribution in [2.45, 2.75) is 31.8 Å². The van der Waals surface area contributed by atoms with Crippen LogP contribution in [-0.2, 0) is 4.74 Å². The molecule has 6 heteroatoms. The Hall–Kier alpha value is -2.47. The van der Waals surface area contributed by atoms with Crippen molar-refractivity contribution in [3.63, 3.8) is 0 Å². The fourth-order valence-electron chi connectivity index (χ4n) is 3.46. The predicted octanol–water partition coefficient (Wildman–Crippen LogP) is 2.43. The summed E-state index contributed by atoms with van der Waals surface area (Å²) >= 11 is 0. The van der Waals surface area contributed by atoms with Crippen molar-refractivity contribution in [2.24, 2.45) is 0 Å². The van der Waals surface area contributed by atoms with Crippen LogP contribution in [0.1, 0.15) is 52.2 Å². The summed E-state index contributed by atoms with van der Waals surface area (Å²) in [5.41, 5.74) is 1.18. The average Bonchev–Trinajstić information content (AvgIpc) is 3.08. The summed E-state index contributed by atoms with van der Waals surface area (Å²) in [7, 11) is 0. The Balaban J connectivity index is 1.50. The van der Waals surface area contributed by atoms with Gasteiger partial charge in [-0.05, 0) is 43.5 Å². The molecule has 4 heterocycles. The monoisotopic (exact) mass is 340 g/mol. The van der Waals surface area contributed by atoms with E-state index in [1.54, 1.807) is 24.1 Å². The second kappa shape index (κ2) is 6.44. The molecule has 2 fully saturated rings. The van der Waals surface area contributed by atoms with Crippen LogP contribution in [0.2, 0.25) is 0 Å². The summed E-state index contributed by atoms with van der Waals surface area (Å²) in [6.07, 6.45) is 3.38. The van der Waals surface area contributed by atoms with Crippen molar-refractivity contribution in [3.8, 4) is 0 Å². The molecule has 2 aliphatic heterocycles. The molecule has 6 nitrogen and oxygen atoms in total. The van der Waals surface area contributed by atoms with Gasteiger partial charge in [-0.2, -0.15) is 0 Å². The number of likely N-dealkylation sites (tertiary alicyclic amines) is 1. The van der Waals surface area contributed by atoms with Crippen LogP contribution in [0, 0.1) is 6.92 Å². The molecule has 0 aliphatic carbocycles. The zero-order chi connectivity index (χ0) is 17.4. The van der Waals surface area contributed by atoms with Crippen LogP contribution >= 0.6 is 0 Å². The molecule has 4 rings (SSSR count). The molecule has 2 aromatic rings. The van der Waals surface area contributed by atoms with Gasteiger partial charge in [0, 0.05) is 37.5 Å². The van der Waals surface area contributed by atoms with Crippen LogP contribution in [-0.4, -0.2) is 35.5 Å². The van der Waals surface area contributed by atoms with Crippen LogP contribution in [0.4, 0.5) is 0 Å². The third-order valence-electron chi connectivity index (χ3n) is 4.90. The summed E-state index contributed by atoms with van der Waals surface area (Å²) in [6.45, 7) is 3.60. The first kappa shape index (κ1) is 16.0. The first-order chi connectivity index (χ1) is 12.1. The number of hydrogen-bond acceptors (Lipinski definition) is 5. The number of aryl methyl sites for hydroxylation is 1. The number of rotatable bonds is 3. The molecule has 0 saturated carbocycles.